The summed E-state index contributed by atoms with van der Waals surface area (Å²) in [6.07, 6.45) is 2.76. The van der Waals surface area contributed by atoms with Gasteiger partial charge in [-0.05, 0) is 12.1 Å². The first-order valence-electron chi connectivity index (χ1n) is 5.06. The van der Waals surface area contributed by atoms with Crippen molar-refractivity contribution in [3.8, 4) is 0 Å². The molecule has 0 aliphatic carbocycles. The van der Waals surface area contributed by atoms with Gasteiger partial charge in [0, 0.05) is 7.85 Å². The van der Waals surface area contributed by atoms with Crippen LogP contribution in [0.5, 0.6) is 0 Å². The average Bonchev–Trinajstić information content (AvgIpc) is 2.76. The van der Waals surface area contributed by atoms with Crippen LogP contribution in [0.4, 0.5) is 0 Å². The van der Waals surface area contributed by atoms with Gasteiger partial charge in [-0.15, -0.1) is 0 Å². The summed E-state index contributed by atoms with van der Waals surface area (Å²) in [4.78, 5) is 10.1. The molecule has 0 aliphatic rings. The normalized spacial score (nSPS) is 10.1. The number of nitrogens with two attached hydrogens (primary N) is 1. The van der Waals surface area contributed by atoms with E-state index in [0.29, 0.717) is 12.7 Å². The molecule has 1 atom stereocenters. The summed E-state index contributed by atoms with van der Waals surface area (Å²) in [6, 6.07) is 3.13. The number of rotatable bonds is 3. The second-order valence-corrected chi connectivity index (χ2v) is 2.08. The van der Waals surface area contributed by atoms with Gasteiger partial charge < -0.3 is 14.9 Å². The highest BCUT2D eigenvalue weighted by molar-refractivity contribution is 5.57. The zero-order valence-electron chi connectivity index (χ0n) is 9.49. The van der Waals surface area contributed by atoms with Crippen LogP contribution in [-0.2, 0) is 11.2 Å². The van der Waals surface area contributed by atoms with Crippen LogP contribution < -0.4 is 5.73 Å². The van der Waals surface area contributed by atoms with Crippen molar-refractivity contribution in [2.75, 3.05) is 0 Å². The molecule has 0 radical (unpaired) electrons. The van der Waals surface area contributed by atoms with E-state index in [1.807, 2.05) is 27.7 Å². The Kier molecular flexibility index (Phi) is 13.1. The fraction of sp³-hybridized carbons (Fsp3) is 0.545. The fourth-order valence-corrected chi connectivity index (χ4v) is 0.709. The Labute approximate surface area is 87.8 Å². The van der Waals surface area contributed by atoms with Gasteiger partial charge in [-0.25, -0.2) is 0 Å². The highest BCUT2D eigenvalue weighted by Crippen LogP contribution is 2.01. The van der Waals surface area contributed by atoms with Crippen LogP contribution >= 0.6 is 0 Å². The van der Waals surface area contributed by atoms with E-state index in [9.17, 15) is 4.79 Å². The van der Waals surface area contributed by atoms with Gasteiger partial charge in [0.15, 0.2) is 0 Å². The van der Waals surface area contributed by atoms with Crippen molar-refractivity contribution in [3.05, 3.63) is 24.2 Å². The molecule has 0 saturated heterocycles. The zero-order valence-corrected chi connectivity index (χ0v) is 9.49. The van der Waals surface area contributed by atoms with Gasteiger partial charge in [0.2, 0.25) is 0 Å². The van der Waals surface area contributed by atoms with E-state index in [2.05, 4.69) is 0 Å². The number of hydrogen-bond donors (Lipinski definition) is 1. The fourth-order valence-electron chi connectivity index (χ4n) is 0.709. The molecule has 1 aromatic rings. The number of aldehydes is 1. The molecule has 2 N–H and O–H groups in total. The lowest BCUT2D eigenvalue weighted by atomic mass is 10.2. The topological polar surface area (TPSA) is 56.2 Å². The first-order valence-corrected chi connectivity index (χ1v) is 5.06. The first kappa shape index (κ1) is 15.4. The highest BCUT2D eigenvalue weighted by atomic mass is 16.3. The molecule has 1 heterocycles. The molecule has 0 amide bonds. The van der Waals surface area contributed by atoms with Crippen LogP contribution in [0, 0.1) is 0 Å². The van der Waals surface area contributed by atoms with Gasteiger partial charge in [0.25, 0.3) is 0 Å². The Bertz CT molecular complexity index is 200. The molecule has 0 aromatic carbocycles. The Hall–Kier alpha value is -1.09. The molecule has 0 spiro atoms. The first-order chi connectivity index (χ1) is 6.83. The van der Waals surface area contributed by atoms with E-state index in [1.165, 1.54) is 0 Å². The molecule has 1 aromatic heterocycles. The van der Waals surface area contributed by atoms with Gasteiger partial charge in [-0.2, -0.15) is 0 Å². The van der Waals surface area contributed by atoms with Gasteiger partial charge in [-0.1, -0.05) is 27.7 Å². The standard InChI is InChI=1S/C7H9NO2.2C2H6.H2/c8-6(5-9)4-7-2-1-3-10-7;2*1-2;/h1-3,5-6H,4,8H2;2*1-2H3;1H/t6-;;;/m0.../s1. The van der Waals surface area contributed by atoms with Gasteiger partial charge in [-0.3, -0.25) is 0 Å². The van der Waals surface area contributed by atoms with Crippen LogP contribution in [0.15, 0.2) is 22.8 Å². The largest absolute Gasteiger partial charge is 0.469 e. The SMILES string of the molecule is CC.CC.N[C@H](C=O)Cc1ccco1.[HH]. The number of carbonyl (C=O) groups excluding carboxylic acids is 1. The second kappa shape index (κ2) is 11.9. The number of hydrogen-bond acceptors (Lipinski definition) is 3. The number of furan rings is 1. The summed E-state index contributed by atoms with van der Waals surface area (Å²) in [7, 11) is 0. The minimum absolute atomic E-state index is 0. The van der Waals surface area contributed by atoms with Gasteiger partial charge >= 0.3 is 0 Å². The third-order valence-electron chi connectivity index (χ3n) is 1.19. The molecular weight excluding hydrogens is 178 g/mol. The Morgan fingerprint density at radius 1 is 1.50 bits per heavy atom. The van der Waals surface area contributed by atoms with Crippen molar-refractivity contribution in [3.63, 3.8) is 0 Å². The smallest absolute Gasteiger partial charge is 0.137 e. The van der Waals surface area contributed by atoms with Crippen LogP contribution in [-0.4, -0.2) is 12.3 Å². The Morgan fingerprint density at radius 2 is 2.07 bits per heavy atom. The average molecular weight is 201 g/mol. The molecular formula is C11H23NO2. The van der Waals surface area contributed by atoms with Crippen molar-refractivity contribution in [1.82, 2.24) is 0 Å². The Balaban J connectivity index is -0.000000258. The molecule has 0 saturated carbocycles. The molecule has 0 bridgehead atoms. The van der Waals surface area contributed by atoms with E-state index in [-0.39, 0.29) is 1.43 Å². The predicted molar refractivity (Wildman–Crippen MR) is 61.3 cm³/mol. The number of carbonyl (C=O) groups is 1. The highest BCUT2D eigenvalue weighted by Gasteiger charge is 2.02. The molecule has 3 nitrogen and oxygen atoms in total. The second-order valence-electron chi connectivity index (χ2n) is 2.08. The molecule has 0 fully saturated rings. The van der Waals surface area contributed by atoms with Crippen molar-refractivity contribution >= 4 is 6.29 Å². The summed E-state index contributed by atoms with van der Waals surface area (Å²) in [5.74, 6) is 0.750. The van der Waals surface area contributed by atoms with E-state index in [0.717, 1.165) is 5.76 Å². The minimum Gasteiger partial charge on any atom is -0.469 e. The van der Waals surface area contributed by atoms with Gasteiger partial charge in [0.1, 0.15) is 12.0 Å². The maximum Gasteiger partial charge on any atom is 0.137 e. The summed E-state index contributed by atoms with van der Waals surface area (Å²) in [5, 5.41) is 0. The molecule has 0 unspecified atom stereocenters. The molecule has 1 rings (SSSR count). The van der Waals surface area contributed by atoms with E-state index in [1.54, 1.807) is 18.4 Å². The summed E-state index contributed by atoms with van der Waals surface area (Å²) >= 11 is 0. The van der Waals surface area contributed by atoms with E-state index >= 15 is 0 Å². The minimum atomic E-state index is -0.439. The molecule has 84 valence electrons. The molecule has 3 heteroatoms. The molecule has 14 heavy (non-hydrogen) atoms. The lowest BCUT2D eigenvalue weighted by molar-refractivity contribution is -0.108. The predicted octanol–water partition coefficient (Wildman–Crippen LogP) is 2.65. The van der Waals surface area contributed by atoms with Crippen LogP contribution in [0.2, 0.25) is 0 Å². The molecule has 0 aliphatic heterocycles. The third kappa shape index (κ3) is 7.55. The zero-order chi connectivity index (χ0) is 11.4. The third-order valence-corrected chi connectivity index (χ3v) is 1.19. The Morgan fingerprint density at radius 3 is 2.43 bits per heavy atom. The maximum atomic E-state index is 10.1. The lowest BCUT2D eigenvalue weighted by Gasteiger charge is -1.97. The van der Waals surface area contributed by atoms with E-state index in [4.69, 9.17) is 10.2 Å². The van der Waals surface area contributed by atoms with Crippen molar-refractivity contribution in [1.29, 1.82) is 0 Å². The van der Waals surface area contributed by atoms with Crippen molar-refractivity contribution in [2.45, 2.75) is 40.2 Å². The van der Waals surface area contributed by atoms with Crippen LogP contribution in [0.25, 0.3) is 0 Å². The summed E-state index contributed by atoms with van der Waals surface area (Å²) in [5.41, 5.74) is 5.34. The maximum absolute atomic E-state index is 10.1. The van der Waals surface area contributed by atoms with Crippen molar-refractivity contribution < 1.29 is 10.6 Å². The summed E-state index contributed by atoms with van der Waals surface area (Å²) in [6.45, 7) is 8.00. The van der Waals surface area contributed by atoms with E-state index < -0.39 is 6.04 Å². The summed E-state index contributed by atoms with van der Waals surface area (Å²) < 4.78 is 4.97. The quantitative estimate of drug-likeness (QED) is 0.765. The van der Waals surface area contributed by atoms with Crippen LogP contribution in [0.1, 0.15) is 34.9 Å². The van der Waals surface area contributed by atoms with Crippen molar-refractivity contribution in [2.24, 2.45) is 5.73 Å². The lowest BCUT2D eigenvalue weighted by Crippen LogP contribution is -2.23. The van der Waals surface area contributed by atoms with Gasteiger partial charge in [0.05, 0.1) is 12.3 Å². The monoisotopic (exact) mass is 201 g/mol. The van der Waals surface area contributed by atoms with Crippen LogP contribution in [0.3, 0.4) is 0 Å².